The van der Waals surface area contributed by atoms with Gasteiger partial charge in [0.15, 0.2) is 6.10 Å². The maximum atomic E-state index is 12.9. The zero-order chi connectivity index (χ0) is 63.8. The summed E-state index contributed by atoms with van der Waals surface area (Å²) in [4.78, 5) is 58.3. The minimum atomic E-state index is -4.91. The molecule has 0 aromatic rings. The van der Waals surface area contributed by atoms with Crippen LogP contribution in [0.25, 0.3) is 0 Å². The Kier molecular flexibility index (Phi) is 61.0. The number of hydrogen-bond donors (Lipinski definition) is 4. The number of aliphatic hydroxyl groups excluding tert-OH is 2. The van der Waals surface area contributed by atoms with Gasteiger partial charge in [0.05, 0.1) is 26.4 Å². The minimum absolute atomic E-state index is 0.108. The maximum absolute atomic E-state index is 12.9. The largest absolute Gasteiger partial charge is 0.472 e. The van der Waals surface area contributed by atoms with Crippen molar-refractivity contribution in [3.8, 4) is 0 Å². The Morgan fingerprint density at radius 3 is 0.989 bits per heavy atom. The summed E-state index contributed by atoms with van der Waals surface area (Å²) in [5.74, 6) is -1.58. The second kappa shape index (κ2) is 63.2. The van der Waals surface area contributed by atoms with Gasteiger partial charge >= 0.3 is 33.6 Å². The second-order valence-electron chi connectivity index (χ2n) is 23.0. The van der Waals surface area contributed by atoms with E-state index < -0.39 is 91.5 Å². The number of esters is 3. The van der Waals surface area contributed by atoms with E-state index in [-0.39, 0.29) is 19.3 Å². The molecule has 0 heterocycles. The molecule has 5 unspecified atom stereocenters. The van der Waals surface area contributed by atoms with Crippen molar-refractivity contribution < 1.29 is 75.8 Å². The van der Waals surface area contributed by atoms with Crippen LogP contribution in [0.3, 0.4) is 0 Å². The summed E-state index contributed by atoms with van der Waals surface area (Å²) in [6.07, 6.45) is 65.3. The second-order valence-corrected chi connectivity index (χ2v) is 25.9. The Morgan fingerprint density at radius 2 is 0.609 bits per heavy atom. The summed E-state index contributed by atoms with van der Waals surface area (Å²) in [7, 11) is -9.76. The van der Waals surface area contributed by atoms with Crippen LogP contribution in [0, 0.1) is 0 Å². The predicted molar refractivity (Wildman–Crippen MR) is 353 cm³/mol. The van der Waals surface area contributed by atoms with Gasteiger partial charge in [0.2, 0.25) is 0 Å². The quantitative estimate of drug-likeness (QED) is 0.0146. The number of ether oxygens (including phenoxy) is 3. The molecule has 0 radical (unpaired) electrons. The Bertz CT molecular complexity index is 1880. The van der Waals surface area contributed by atoms with Crippen LogP contribution < -0.4 is 0 Å². The highest BCUT2D eigenvalue weighted by Crippen LogP contribution is 2.45. The van der Waals surface area contributed by atoms with E-state index in [0.29, 0.717) is 19.3 Å². The number of allylic oxidation sites excluding steroid dienone is 12. The van der Waals surface area contributed by atoms with E-state index in [9.17, 15) is 43.5 Å². The molecule has 0 aliphatic carbocycles. The topological polar surface area (TPSA) is 231 Å². The molecule has 0 rings (SSSR count). The highest BCUT2D eigenvalue weighted by Gasteiger charge is 2.29. The van der Waals surface area contributed by atoms with Crippen molar-refractivity contribution in [2.24, 2.45) is 0 Å². The Balaban J connectivity index is 4.50. The van der Waals surface area contributed by atoms with E-state index in [0.717, 1.165) is 128 Å². The molecule has 0 aliphatic rings. The highest BCUT2D eigenvalue weighted by molar-refractivity contribution is 7.47. The van der Waals surface area contributed by atoms with Crippen molar-refractivity contribution in [3.05, 3.63) is 72.9 Å². The number of phosphoric acid groups is 2. The molecule has 0 aromatic heterocycles. The predicted octanol–water partition coefficient (Wildman–Crippen LogP) is 18.8. The zero-order valence-corrected chi connectivity index (χ0v) is 56.5. The molecule has 506 valence electrons. The fourth-order valence-electron chi connectivity index (χ4n) is 9.18. The number of rotatable bonds is 65. The van der Waals surface area contributed by atoms with Crippen molar-refractivity contribution in [2.45, 2.75) is 309 Å². The molecule has 87 heavy (non-hydrogen) atoms. The van der Waals surface area contributed by atoms with Crippen LogP contribution in [-0.2, 0) is 55.8 Å². The molecule has 0 aromatic carbocycles. The normalized spacial score (nSPS) is 14.7. The van der Waals surface area contributed by atoms with Gasteiger partial charge in [0.1, 0.15) is 25.4 Å². The summed E-state index contributed by atoms with van der Waals surface area (Å²) in [5, 5.41) is 20.5. The van der Waals surface area contributed by atoms with Crippen LogP contribution in [0.2, 0.25) is 0 Å². The van der Waals surface area contributed by atoms with Crippen molar-refractivity contribution in [1.29, 1.82) is 0 Å². The van der Waals surface area contributed by atoms with Gasteiger partial charge in [0, 0.05) is 19.3 Å². The number of hydrogen-bond acceptors (Lipinski definition) is 14. The summed E-state index contributed by atoms with van der Waals surface area (Å²) in [6, 6.07) is 0. The summed E-state index contributed by atoms with van der Waals surface area (Å²) < 4.78 is 60.8. The van der Waals surface area contributed by atoms with E-state index in [1.165, 1.54) is 103 Å². The lowest BCUT2D eigenvalue weighted by atomic mass is 10.0. The lowest BCUT2D eigenvalue weighted by molar-refractivity contribution is -0.161. The van der Waals surface area contributed by atoms with Crippen molar-refractivity contribution in [3.63, 3.8) is 0 Å². The Labute approximate surface area is 528 Å². The third-order valence-electron chi connectivity index (χ3n) is 14.4. The number of aliphatic hydroxyl groups is 2. The van der Waals surface area contributed by atoms with E-state index in [1.54, 1.807) is 0 Å². The van der Waals surface area contributed by atoms with Gasteiger partial charge in [-0.25, -0.2) is 9.13 Å². The number of carbonyl (C=O) groups excluding carboxylic acids is 3. The first-order chi connectivity index (χ1) is 42.2. The molecule has 0 aliphatic heterocycles. The summed E-state index contributed by atoms with van der Waals surface area (Å²) in [5.41, 5.74) is 0. The Morgan fingerprint density at radius 1 is 0.333 bits per heavy atom. The molecule has 0 amide bonds. The lowest BCUT2D eigenvalue weighted by Gasteiger charge is -2.21. The monoisotopic (exact) mass is 1270 g/mol. The average Bonchev–Trinajstić information content (AvgIpc) is 3.69. The Hall–Kier alpha value is -3.01. The SMILES string of the molecule is CC/C=C\C/C=C\C/C=C\C/C=C\C/C=C\CCCCCCCCCCCC(=O)OCC(O)COP(=O)(O)OCC(O)COP(=O)(O)OCC(COC(=O)CCCCCCC/C=C\CCCCCC)OC(=O)CCCCCCCCCCCCCCC. The lowest BCUT2D eigenvalue weighted by Crippen LogP contribution is -2.30. The molecule has 16 nitrogen and oxygen atoms in total. The summed E-state index contributed by atoms with van der Waals surface area (Å²) >= 11 is 0. The van der Waals surface area contributed by atoms with Gasteiger partial charge in [-0.3, -0.25) is 32.5 Å². The van der Waals surface area contributed by atoms with Crippen LogP contribution in [0.4, 0.5) is 0 Å². The van der Waals surface area contributed by atoms with Crippen LogP contribution in [0.5, 0.6) is 0 Å². The fourth-order valence-corrected chi connectivity index (χ4v) is 10.8. The number of unbranched alkanes of at least 4 members (excludes halogenated alkanes) is 30. The number of phosphoric ester groups is 2. The van der Waals surface area contributed by atoms with Gasteiger partial charge in [0.25, 0.3) is 0 Å². The van der Waals surface area contributed by atoms with Crippen molar-refractivity contribution in [1.82, 2.24) is 0 Å². The van der Waals surface area contributed by atoms with Gasteiger partial charge < -0.3 is 34.2 Å². The first-order valence-corrected chi connectivity index (χ1v) is 37.2. The molecule has 0 fully saturated rings. The summed E-state index contributed by atoms with van der Waals surface area (Å²) in [6.45, 7) is 2.54. The average molecular weight is 1270 g/mol. The molecule has 0 spiro atoms. The van der Waals surface area contributed by atoms with E-state index >= 15 is 0 Å². The highest BCUT2D eigenvalue weighted by atomic mass is 31.2. The zero-order valence-electron chi connectivity index (χ0n) is 54.7. The molecule has 0 saturated carbocycles. The molecule has 4 N–H and O–H groups in total. The van der Waals surface area contributed by atoms with Crippen LogP contribution in [-0.4, -0.2) is 95.9 Å². The van der Waals surface area contributed by atoms with Gasteiger partial charge in [-0.05, 0) is 89.9 Å². The minimum Gasteiger partial charge on any atom is -0.463 e. The standard InChI is InChI=1S/C69H124O16P2/c1-4-7-10-13-16-19-22-25-26-27-28-29-30-31-32-33-34-35-36-39-41-43-46-49-52-55-67(72)79-58-64(70)59-81-86(75,76)82-60-65(71)61-83-87(77,78)84-63-66(85-69(74)57-54-51-48-45-42-38-24-21-18-15-12-9-6-3)62-80-68(73)56-53-50-47-44-40-37-23-20-17-14-11-8-5-2/h7,10,16,19-20,23,25-26,28-29,31-32,64-66,70-71H,4-6,8-9,11-15,17-18,21-22,24,27,30,33-63H2,1-3H3,(H,75,76)(H,77,78)/b10-7-,19-16-,23-20-,26-25-,29-28-,32-31-. The van der Waals surface area contributed by atoms with Gasteiger partial charge in [-0.1, -0.05) is 254 Å². The van der Waals surface area contributed by atoms with E-state index in [4.69, 9.17) is 32.3 Å². The van der Waals surface area contributed by atoms with E-state index in [2.05, 4.69) is 93.7 Å². The van der Waals surface area contributed by atoms with Crippen LogP contribution in [0.15, 0.2) is 72.9 Å². The smallest absolute Gasteiger partial charge is 0.463 e. The van der Waals surface area contributed by atoms with Crippen LogP contribution in [0.1, 0.15) is 290 Å². The molecule has 5 atom stereocenters. The molecule has 18 heteroatoms. The van der Waals surface area contributed by atoms with Crippen molar-refractivity contribution in [2.75, 3.05) is 39.6 Å². The third-order valence-corrected chi connectivity index (χ3v) is 16.3. The molecule has 0 bridgehead atoms. The van der Waals surface area contributed by atoms with Crippen LogP contribution >= 0.6 is 15.6 Å². The molecular weight excluding hydrogens is 1150 g/mol. The fraction of sp³-hybridized carbons (Fsp3) is 0.783. The third kappa shape index (κ3) is 64.3. The maximum Gasteiger partial charge on any atom is 0.472 e. The van der Waals surface area contributed by atoms with E-state index in [1.807, 2.05) is 0 Å². The first kappa shape index (κ1) is 84.0. The van der Waals surface area contributed by atoms with Crippen molar-refractivity contribution >= 4 is 33.6 Å². The number of carbonyl (C=O) groups is 3. The molecular formula is C69H124O16P2. The first-order valence-electron chi connectivity index (χ1n) is 34.2. The van der Waals surface area contributed by atoms with Gasteiger partial charge in [-0.2, -0.15) is 0 Å². The molecule has 0 saturated heterocycles. The van der Waals surface area contributed by atoms with Gasteiger partial charge in [-0.15, -0.1) is 0 Å².